The highest BCUT2D eigenvalue weighted by Gasteiger charge is 2.20. The summed E-state index contributed by atoms with van der Waals surface area (Å²) in [6.45, 7) is 3.99. The summed E-state index contributed by atoms with van der Waals surface area (Å²) < 4.78 is 12.5. The van der Waals surface area contributed by atoms with Crippen LogP contribution in [0.1, 0.15) is 37.5 Å². The second-order valence-corrected chi connectivity index (χ2v) is 8.09. The molecule has 0 aliphatic rings. The third-order valence-corrected chi connectivity index (χ3v) is 5.84. The first-order valence-corrected chi connectivity index (χ1v) is 10.3. The monoisotopic (exact) mass is 436 g/mol. The SMILES string of the molecule is COc1cc(-c2ocnc2C(=O)Nc2cnn(Cc3ccc(C(C)=O)s3)c2)ccc1C. The van der Waals surface area contributed by atoms with Crippen LogP contribution in [-0.4, -0.2) is 33.6 Å². The van der Waals surface area contributed by atoms with Crippen molar-refractivity contribution in [3.63, 3.8) is 0 Å². The van der Waals surface area contributed by atoms with E-state index in [0.717, 1.165) is 10.4 Å². The van der Waals surface area contributed by atoms with Crippen LogP contribution in [0.25, 0.3) is 11.3 Å². The molecule has 0 saturated carbocycles. The fourth-order valence-corrected chi connectivity index (χ4v) is 3.99. The molecule has 0 atom stereocenters. The Morgan fingerprint density at radius 3 is 2.84 bits per heavy atom. The molecule has 9 heteroatoms. The zero-order valence-corrected chi connectivity index (χ0v) is 18.0. The third-order valence-electron chi connectivity index (χ3n) is 4.67. The van der Waals surface area contributed by atoms with Crippen molar-refractivity contribution in [1.82, 2.24) is 14.8 Å². The van der Waals surface area contributed by atoms with Gasteiger partial charge >= 0.3 is 0 Å². The lowest BCUT2D eigenvalue weighted by Gasteiger charge is -2.07. The molecule has 4 rings (SSSR count). The predicted molar refractivity (Wildman–Crippen MR) is 117 cm³/mol. The van der Waals surface area contributed by atoms with Crippen molar-refractivity contribution >= 4 is 28.7 Å². The summed E-state index contributed by atoms with van der Waals surface area (Å²) in [4.78, 5) is 30.0. The molecule has 1 N–H and O–H groups in total. The number of ether oxygens (including phenoxy) is 1. The first-order chi connectivity index (χ1) is 14.9. The first kappa shape index (κ1) is 20.5. The molecule has 8 nitrogen and oxygen atoms in total. The standard InChI is InChI=1S/C22H20N4O4S/c1-13-4-5-15(8-18(13)29-3)21-20(23-12-30-21)22(28)25-16-9-24-26(10-16)11-17-6-7-19(31-17)14(2)27/h4-10,12H,11H2,1-3H3,(H,25,28). The highest BCUT2D eigenvalue weighted by atomic mass is 32.1. The molecular weight excluding hydrogens is 416 g/mol. The maximum Gasteiger partial charge on any atom is 0.278 e. The molecule has 31 heavy (non-hydrogen) atoms. The Morgan fingerprint density at radius 2 is 2.10 bits per heavy atom. The number of methoxy groups -OCH3 is 1. The Labute approximate surface area is 182 Å². The van der Waals surface area contributed by atoms with E-state index in [1.54, 1.807) is 43.2 Å². The van der Waals surface area contributed by atoms with Gasteiger partial charge in [-0.1, -0.05) is 12.1 Å². The van der Waals surface area contributed by atoms with Gasteiger partial charge in [0.2, 0.25) is 0 Å². The lowest BCUT2D eigenvalue weighted by atomic mass is 10.1. The molecule has 0 aliphatic carbocycles. The maximum absolute atomic E-state index is 12.8. The van der Waals surface area contributed by atoms with E-state index in [4.69, 9.17) is 9.15 Å². The lowest BCUT2D eigenvalue weighted by Crippen LogP contribution is -2.13. The molecule has 4 aromatic rings. The number of anilines is 1. The van der Waals surface area contributed by atoms with Crippen LogP contribution in [0, 0.1) is 6.92 Å². The molecule has 3 aromatic heterocycles. The molecule has 1 amide bonds. The minimum Gasteiger partial charge on any atom is -0.496 e. The van der Waals surface area contributed by atoms with Gasteiger partial charge < -0.3 is 14.5 Å². The van der Waals surface area contributed by atoms with Crippen LogP contribution in [0.4, 0.5) is 5.69 Å². The number of aromatic nitrogens is 3. The number of aryl methyl sites for hydroxylation is 1. The van der Waals surface area contributed by atoms with Crippen molar-refractivity contribution in [3.8, 4) is 17.1 Å². The molecular formula is C22H20N4O4S. The molecule has 0 radical (unpaired) electrons. The van der Waals surface area contributed by atoms with Crippen molar-refractivity contribution < 1.29 is 18.7 Å². The first-order valence-electron chi connectivity index (χ1n) is 9.46. The molecule has 0 saturated heterocycles. The highest BCUT2D eigenvalue weighted by molar-refractivity contribution is 7.14. The summed E-state index contributed by atoms with van der Waals surface area (Å²) in [5.74, 6) is 0.693. The van der Waals surface area contributed by atoms with E-state index in [1.807, 2.05) is 25.1 Å². The van der Waals surface area contributed by atoms with Gasteiger partial charge in [0.05, 0.1) is 30.4 Å². The van der Waals surface area contributed by atoms with E-state index in [1.165, 1.54) is 17.7 Å². The Bertz CT molecular complexity index is 1250. The van der Waals surface area contributed by atoms with E-state index in [0.29, 0.717) is 34.2 Å². The number of rotatable bonds is 7. The van der Waals surface area contributed by atoms with Crippen LogP contribution in [-0.2, 0) is 6.54 Å². The van der Waals surface area contributed by atoms with Gasteiger partial charge in [0.1, 0.15) is 5.75 Å². The number of hydrogen-bond acceptors (Lipinski definition) is 7. The van der Waals surface area contributed by atoms with E-state index < -0.39 is 5.91 Å². The number of hydrogen-bond donors (Lipinski definition) is 1. The van der Waals surface area contributed by atoms with Crippen LogP contribution in [0.2, 0.25) is 0 Å². The molecule has 158 valence electrons. The predicted octanol–water partition coefficient (Wildman–Crippen LogP) is 4.42. The average Bonchev–Trinajstić information content (AvgIpc) is 3.49. The number of amides is 1. The molecule has 3 heterocycles. The minimum absolute atomic E-state index is 0.0410. The summed E-state index contributed by atoms with van der Waals surface area (Å²) in [7, 11) is 1.59. The zero-order valence-electron chi connectivity index (χ0n) is 17.2. The summed E-state index contributed by atoms with van der Waals surface area (Å²) >= 11 is 1.43. The van der Waals surface area contributed by atoms with Crippen molar-refractivity contribution in [3.05, 3.63) is 70.1 Å². The molecule has 0 unspecified atom stereocenters. The summed E-state index contributed by atoms with van der Waals surface area (Å²) in [6, 6.07) is 9.26. The normalized spacial score (nSPS) is 10.8. The van der Waals surface area contributed by atoms with E-state index >= 15 is 0 Å². The van der Waals surface area contributed by atoms with Crippen molar-refractivity contribution in [1.29, 1.82) is 0 Å². The summed E-state index contributed by atoms with van der Waals surface area (Å²) in [6.07, 6.45) is 4.52. The number of nitrogens with zero attached hydrogens (tertiary/aromatic N) is 3. The van der Waals surface area contributed by atoms with Gasteiger partial charge in [-0.25, -0.2) is 4.98 Å². The second-order valence-electron chi connectivity index (χ2n) is 6.92. The number of oxazole rings is 1. The number of thiophene rings is 1. The van der Waals surface area contributed by atoms with Gasteiger partial charge in [0.25, 0.3) is 5.91 Å². The molecule has 0 spiro atoms. The van der Waals surface area contributed by atoms with Gasteiger partial charge in [-0.3, -0.25) is 14.3 Å². The van der Waals surface area contributed by atoms with Crippen LogP contribution < -0.4 is 10.1 Å². The van der Waals surface area contributed by atoms with Crippen LogP contribution in [0.3, 0.4) is 0 Å². The Kier molecular flexibility index (Phi) is 5.68. The minimum atomic E-state index is -0.405. The number of benzene rings is 1. The smallest absolute Gasteiger partial charge is 0.278 e. The molecule has 1 aromatic carbocycles. The van der Waals surface area contributed by atoms with Gasteiger partial charge in [-0.15, -0.1) is 11.3 Å². The number of carbonyl (C=O) groups excluding carboxylic acids is 2. The fraction of sp³-hybridized carbons (Fsp3) is 0.182. The van der Waals surface area contributed by atoms with Gasteiger partial charge in [-0.2, -0.15) is 5.10 Å². The van der Waals surface area contributed by atoms with Crippen LogP contribution in [0.15, 0.2) is 53.5 Å². The Hall–Kier alpha value is -3.72. The van der Waals surface area contributed by atoms with E-state index in [9.17, 15) is 9.59 Å². The number of carbonyl (C=O) groups is 2. The quantitative estimate of drug-likeness (QED) is 0.431. The Balaban J connectivity index is 1.48. The maximum atomic E-state index is 12.8. The van der Waals surface area contributed by atoms with Crippen LogP contribution >= 0.6 is 11.3 Å². The largest absolute Gasteiger partial charge is 0.496 e. The molecule has 0 aliphatic heterocycles. The summed E-state index contributed by atoms with van der Waals surface area (Å²) in [5, 5.41) is 7.07. The van der Waals surface area contributed by atoms with Crippen LogP contribution in [0.5, 0.6) is 5.75 Å². The fourth-order valence-electron chi connectivity index (χ4n) is 3.09. The number of ketones is 1. The average molecular weight is 436 g/mol. The summed E-state index contributed by atoms with van der Waals surface area (Å²) in [5.41, 5.74) is 2.37. The van der Waals surface area contributed by atoms with Gasteiger partial charge in [0, 0.05) is 16.6 Å². The van der Waals surface area contributed by atoms with Gasteiger partial charge in [-0.05, 0) is 37.6 Å². The molecule has 0 fully saturated rings. The Morgan fingerprint density at radius 1 is 1.26 bits per heavy atom. The van der Waals surface area contributed by atoms with E-state index in [2.05, 4.69) is 15.4 Å². The zero-order chi connectivity index (χ0) is 22.0. The van der Waals surface area contributed by atoms with Gasteiger partial charge in [0.15, 0.2) is 23.6 Å². The number of Topliss-reactive ketones (excluding diaryl/α,β-unsaturated/α-hetero) is 1. The third kappa shape index (κ3) is 4.41. The van der Waals surface area contributed by atoms with Crippen molar-refractivity contribution in [2.24, 2.45) is 0 Å². The topological polar surface area (TPSA) is 99.2 Å². The lowest BCUT2D eigenvalue weighted by molar-refractivity contribution is 0.101. The highest BCUT2D eigenvalue weighted by Crippen LogP contribution is 2.29. The van der Waals surface area contributed by atoms with E-state index in [-0.39, 0.29) is 11.5 Å². The number of nitrogens with one attached hydrogen (secondary N) is 1. The van der Waals surface area contributed by atoms with Crippen molar-refractivity contribution in [2.45, 2.75) is 20.4 Å². The van der Waals surface area contributed by atoms with Crippen molar-refractivity contribution in [2.75, 3.05) is 12.4 Å². The molecule has 0 bridgehead atoms. The second kappa shape index (κ2) is 8.57.